The predicted molar refractivity (Wildman–Crippen MR) is 75.8 cm³/mol. The Kier molecular flexibility index (Phi) is 3.20. The minimum absolute atomic E-state index is 0.615. The number of benzene rings is 1. The zero-order valence-corrected chi connectivity index (χ0v) is 12.1. The molecule has 0 amide bonds. The fraction of sp³-hybridized carbons (Fsp3) is 0. The average Bonchev–Trinajstić information content (AvgIpc) is 2.99. The molecule has 0 saturated carbocycles. The standard InChI is InChI=1S/C12H6BrClN2OS/c13-7-3-4-8(9(14)6-7)11-15-12(18-16-11)10-2-1-5-17-10/h1-6H. The molecule has 0 N–H and O–H groups in total. The zero-order valence-electron chi connectivity index (χ0n) is 8.93. The molecular formula is C12H6BrClN2OS. The van der Waals surface area contributed by atoms with E-state index in [0.717, 1.165) is 15.0 Å². The monoisotopic (exact) mass is 340 g/mol. The number of rotatable bonds is 2. The van der Waals surface area contributed by atoms with Crippen LogP contribution in [0.4, 0.5) is 0 Å². The van der Waals surface area contributed by atoms with Gasteiger partial charge in [-0.2, -0.15) is 4.37 Å². The Bertz CT molecular complexity index is 681. The highest BCUT2D eigenvalue weighted by Gasteiger charge is 2.12. The van der Waals surface area contributed by atoms with Gasteiger partial charge in [0.2, 0.25) is 0 Å². The summed E-state index contributed by atoms with van der Waals surface area (Å²) < 4.78 is 10.5. The first-order valence-corrected chi connectivity index (χ1v) is 7.01. The van der Waals surface area contributed by atoms with Gasteiger partial charge in [0.1, 0.15) is 0 Å². The largest absolute Gasteiger partial charge is 0.462 e. The fourth-order valence-corrected chi connectivity index (χ4v) is 2.91. The molecule has 0 fully saturated rings. The first kappa shape index (κ1) is 11.9. The molecule has 0 atom stereocenters. The van der Waals surface area contributed by atoms with Gasteiger partial charge in [-0.05, 0) is 41.9 Å². The van der Waals surface area contributed by atoms with Crippen LogP contribution in [0.1, 0.15) is 0 Å². The van der Waals surface area contributed by atoms with Gasteiger partial charge >= 0.3 is 0 Å². The van der Waals surface area contributed by atoms with Crippen LogP contribution in [0.3, 0.4) is 0 Å². The Balaban J connectivity index is 2.03. The van der Waals surface area contributed by atoms with Crippen LogP contribution in [-0.4, -0.2) is 9.36 Å². The molecule has 1 aromatic carbocycles. The number of hydrogen-bond acceptors (Lipinski definition) is 4. The first-order chi connectivity index (χ1) is 8.74. The topological polar surface area (TPSA) is 38.9 Å². The Morgan fingerprint density at radius 1 is 1.28 bits per heavy atom. The third kappa shape index (κ3) is 2.21. The van der Waals surface area contributed by atoms with Crippen molar-refractivity contribution in [1.82, 2.24) is 9.36 Å². The molecule has 3 aromatic rings. The second-order valence-corrected chi connectivity index (χ2v) is 5.60. The molecule has 0 saturated heterocycles. The lowest BCUT2D eigenvalue weighted by Crippen LogP contribution is -1.82. The normalized spacial score (nSPS) is 10.8. The van der Waals surface area contributed by atoms with Crippen LogP contribution in [0.15, 0.2) is 45.5 Å². The van der Waals surface area contributed by atoms with Crippen LogP contribution < -0.4 is 0 Å². The van der Waals surface area contributed by atoms with Gasteiger partial charge in [0.05, 0.1) is 11.3 Å². The van der Waals surface area contributed by atoms with Gasteiger partial charge in [0.25, 0.3) is 0 Å². The molecule has 0 bridgehead atoms. The maximum absolute atomic E-state index is 6.17. The Morgan fingerprint density at radius 3 is 2.89 bits per heavy atom. The van der Waals surface area contributed by atoms with Crippen LogP contribution in [-0.2, 0) is 0 Å². The highest BCUT2D eigenvalue weighted by atomic mass is 79.9. The molecular weight excluding hydrogens is 336 g/mol. The van der Waals surface area contributed by atoms with Gasteiger partial charge in [-0.25, -0.2) is 4.98 Å². The minimum atomic E-state index is 0.615. The van der Waals surface area contributed by atoms with E-state index in [1.54, 1.807) is 6.26 Å². The van der Waals surface area contributed by atoms with Gasteiger partial charge in [-0.3, -0.25) is 0 Å². The molecule has 18 heavy (non-hydrogen) atoms. The molecule has 2 heterocycles. The van der Waals surface area contributed by atoms with Crippen LogP contribution in [0.2, 0.25) is 5.02 Å². The van der Waals surface area contributed by atoms with Crippen LogP contribution in [0.25, 0.3) is 22.2 Å². The summed E-state index contributed by atoms with van der Waals surface area (Å²) in [5.41, 5.74) is 0.814. The number of aromatic nitrogens is 2. The van der Waals surface area contributed by atoms with Gasteiger partial charge in [0.15, 0.2) is 16.6 Å². The Labute approximate surface area is 121 Å². The molecule has 0 radical (unpaired) electrons. The molecule has 0 aliphatic heterocycles. The van der Waals surface area contributed by atoms with E-state index in [9.17, 15) is 0 Å². The molecule has 0 aliphatic carbocycles. The van der Waals surface area contributed by atoms with Crippen molar-refractivity contribution in [3.05, 3.63) is 46.1 Å². The van der Waals surface area contributed by atoms with Crippen molar-refractivity contribution in [2.45, 2.75) is 0 Å². The van der Waals surface area contributed by atoms with Crippen molar-refractivity contribution >= 4 is 39.1 Å². The number of furan rings is 1. The molecule has 6 heteroatoms. The van der Waals surface area contributed by atoms with E-state index < -0.39 is 0 Å². The number of nitrogens with zero attached hydrogens (tertiary/aromatic N) is 2. The molecule has 0 aliphatic rings. The lowest BCUT2D eigenvalue weighted by molar-refractivity contribution is 0.582. The van der Waals surface area contributed by atoms with Crippen LogP contribution in [0, 0.1) is 0 Å². The molecule has 2 aromatic heterocycles. The molecule has 3 rings (SSSR count). The second-order valence-electron chi connectivity index (χ2n) is 3.52. The van der Waals surface area contributed by atoms with E-state index >= 15 is 0 Å². The third-order valence-corrected chi connectivity index (χ3v) is 3.87. The summed E-state index contributed by atoms with van der Waals surface area (Å²) in [7, 11) is 0. The maximum atomic E-state index is 6.17. The van der Waals surface area contributed by atoms with Crippen molar-refractivity contribution in [3.63, 3.8) is 0 Å². The van der Waals surface area contributed by atoms with Crippen molar-refractivity contribution in [1.29, 1.82) is 0 Å². The van der Waals surface area contributed by atoms with Crippen molar-refractivity contribution in [3.8, 4) is 22.2 Å². The number of halogens is 2. The van der Waals surface area contributed by atoms with Crippen LogP contribution >= 0.6 is 39.1 Å². The summed E-state index contributed by atoms with van der Waals surface area (Å²) in [6.45, 7) is 0. The first-order valence-electron chi connectivity index (χ1n) is 5.07. The molecule has 3 nitrogen and oxygen atoms in total. The van der Waals surface area contributed by atoms with E-state index in [1.807, 2.05) is 30.3 Å². The highest BCUT2D eigenvalue weighted by Crippen LogP contribution is 2.31. The van der Waals surface area contributed by atoms with Crippen molar-refractivity contribution < 1.29 is 4.42 Å². The zero-order chi connectivity index (χ0) is 12.5. The predicted octanol–water partition coefficient (Wildman–Crippen LogP) is 4.88. The minimum Gasteiger partial charge on any atom is -0.462 e. The molecule has 0 spiro atoms. The van der Waals surface area contributed by atoms with Crippen LogP contribution in [0.5, 0.6) is 0 Å². The summed E-state index contributed by atoms with van der Waals surface area (Å²) in [6, 6.07) is 9.30. The Hall–Kier alpha value is -1.17. The fourth-order valence-electron chi connectivity index (χ4n) is 1.50. The summed E-state index contributed by atoms with van der Waals surface area (Å²) in [5, 5.41) is 1.36. The molecule has 90 valence electrons. The lowest BCUT2D eigenvalue weighted by Gasteiger charge is -1.99. The average molecular weight is 342 g/mol. The van der Waals surface area contributed by atoms with Gasteiger partial charge in [-0.1, -0.05) is 27.5 Å². The number of hydrogen-bond donors (Lipinski definition) is 0. The summed E-state index contributed by atoms with van der Waals surface area (Å²) in [5.74, 6) is 1.33. The Morgan fingerprint density at radius 2 is 2.17 bits per heavy atom. The van der Waals surface area contributed by atoms with Gasteiger partial charge in [-0.15, -0.1) is 0 Å². The van der Waals surface area contributed by atoms with Crippen molar-refractivity contribution in [2.24, 2.45) is 0 Å². The summed E-state index contributed by atoms with van der Waals surface area (Å²) in [4.78, 5) is 4.43. The quantitative estimate of drug-likeness (QED) is 0.667. The van der Waals surface area contributed by atoms with E-state index in [-0.39, 0.29) is 0 Å². The van der Waals surface area contributed by atoms with E-state index in [0.29, 0.717) is 16.6 Å². The summed E-state index contributed by atoms with van der Waals surface area (Å²) >= 11 is 10.8. The maximum Gasteiger partial charge on any atom is 0.179 e. The van der Waals surface area contributed by atoms with Gasteiger partial charge < -0.3 is 4.42 Å². The second kappa shape index (κ2) is 4.84. The van der Waals surface area contributed by atoms with E-state index in [2.05, 4.69) is 25.3 Å². The van der Waals surface area contributed by atoms with Gasteiger partial charge in [0, 0.05) is 10.0 Å². The van der Waals surface area contributed by atoms with Crippen molar-refractivity contribution in [2.75, 3.05) is 0 Å². The SMILES string of the molecule is Clc1cc(Br)ccc1-c1nsc(-c2ccco2)n1. The smallest absolute Gasteiger partial charge is 0.179 e. The van der Waals surface area contributed by atoms with E-state index in [4.69, 9.17) is 16.0 Å². The molecule has 0 unspecified atom stereocenters. The lowest BCUT2D eigenvalue weighted by atomic mass is 10.2. The van der Waals surface area contributed by atoms with E-state index in [1.165, 1.54) is 11.5 Å². The third-order valence-electron chi connectivity index (χ3n) is 2.33. The highest BCUT2D eigenvalue weighted by molar-refractivity contribution is 9.10. The summed E-state index contributed by atoms with van der Waals surface area (Å²) in [6.07, 6.45) is 1.61.